The first-order valence-corrected chi connectivity index (χ1v) is 9.52. The van der Waals surface area contributed by atoms with Crippen molar-refractivity contribution >= 4 is 0 Å². The minimum absolute atomic E-state index is 0.259. The second-order valence-corrected chi connectivity index (χ2v) is 7.38. The summed E-state index contributed by atoms with van der Waals surface area (Å²) in [6.45, 7) is 2.48. The highest BCUT2D eigenvalue weighted by Crippen LogP contribution is 2.36. The summed E-state index contributed by atoms with van der Waals surface area (Å²) < 4.78 is 22.6. The maximum Gasteiger partial charge on any atom is 0.197 e. The molecule has 0 radical (unpaired) electrons. The number of ether oxygens (including phenoxy) is 4. The zero-order valence-corrected chi connectivity index (χ0v) is 16.1. The summed E-state index contributed by atoms with van der Waals surface area (Å²) in [4.78, 5) is 0. The summed E-state index contributed by atoms with van der Waals surface area (Å²) >= 11 is 0. The summed E-state index contributed by atoms with van der Waals surface area (Å²) in [5.74, 6) is -1.70. The third kappa shape index (κ3) is 4.82. The zero-order valence-electron chi connectivity index (χ0n) is 16.1. The first-order valence-electron chi connectivity index (χ1n) is 9.52. The van der Waals surface area contributed by atoms with Crippen molar-refractivity contribution in [2.24, 2.45) is 5.73 Å². The maximum absolute atomic E-state index is 10.5. The fraction of sp³-hybridized carbons (Fsp3) is 1.00. The van der Waals surface area contributed by atoms with Gasteiger partial charge in [-0.05, 0) is 13.3 Å². The van der Waals surface area contributed by atoms with Crippen LogP contribution in [0.15, 0.2) is 0 Å². The van der Waals surface area contributed by atoms with E-state index in [1.165, 1.54) is 6.92 Å². The highest BCUT2D eigenvalue weighted by atomic mass is 16.8. The molecule has 0 aromatic rings. The van der Waals surface area contributed by atoms with Gasteiger partial charge >= 0.3 is 0 Å². The second kappa shape index (κ2) is 10.0. The molecule has 11 nitrogen and oxygen atoms in total. The van der Waals surface area contributed by atoms with Gasteiger partial charge in [-0.25, -0.2) is 0 Å². The number of rotatable bonds is 8. The molecule has 2 heterocycles. The molecule has 0 saturated carbocycles. The number of aliphatic hydroxyl groups excluding tert-OH is 6. The van der Waals surface area contributed by atoms with Crippen LogP contribution in [0.1, 0.15) is 26.7 Å². The van der Waals surface area contributed by atoms with Crippen molar-refractivity contribution in [3.8, 4) is 0 Å². The van der Waals surface area contributed by atoms with Gasteiger partial charge in [0.1, 0.15) is 42.7 Å². The molecule has 2 aliphatic rings. The molecule has 2 rings (SSSR count). The van der Waals surface area contributed by atoms with Gasteiger partial charge in [-0.15, -0.1) is 0 Å². The molecule has 0 bridgehead atoms. The molecule has 0 amide bonds. The molecule has 0 aromatic heterocycles. The van der Waals surface area contributed by atoms with Crippen molar-refractivity contribution in [2.75, 3.05) is 19.8 Å². The topological polar surface area (TPSA) is 184 Å². The van der Waals surface area contributed by atoms with Gasteiger partial charge < -0.3 is 55.3 Å². The molecule has 166 valence electrons. The second-order valence-electron chi connectivity index (χ2n) is 7.38. The predicted octanol–water partition coefficient (Wildman–Crippen LogP) is -3.22. The highest BCUT2D eigenvalue weighted by Gasteiger charge is 2.56. The minimum Gasteiger partial charge on any atom is -0.394 e. The molecule has 0 aromatic carbocycles. The normalized spacial score (nSPS) is 47.2. The van der Waals surface area contributed by atoms with E-state index >= 15 is 0 Å². The Morgan fingerprint density at radius 2 is 1.57 bits per heavy atom. The minimum atomic E-state index is -1.70. The summed E-state index contributed by atoms with van der Waals surface area (Å²) in [6, 6.07) is -1.19. The molecular formula is C17H33NO10. The van der Waals surface area contributed by atoms with Gasteiger partial charge in [-0.1, -0.05) is 13.3 Å². The van der Waals surface area contributed by atoms with Crippen LogP contribution in [-0.2, 0) is 18.9 Å². The average molecular weight is 411 g/mol. The van der Waals surface area contributed by atoms with Crippen LogP contribution < -0.4 is 5.73 Å². The van der Waals surface area contributed by atoms with Crippen LogP contribution >= 0.6 is 0 Å². The Kier molecular flexibility index (Phi) is 8.55. The summed E-state index contributed by atoms with van der Waals surface area (Å²) in [7, 11) is 0. The molecule has 2 aliphatic heterocycles. The Labute approximate surface area is 163 Å². The fourth-order valence-corrected chi connectivity index (χ4v) is 3.43. The lowest BCUT2D eigenvalue weighted by Gasteiger charge is -2.51. The third-order valence-corrected chi connectivity index (χ3v) is 5.20. The van der Waals surface area contributed by atoms with Crippen molar-refractivity contribution in [3.05, 3.63) is 0 Å². The van der Waals surface area contributed by atoms with Crippen molar-refractivity contribution in [1.29, 1.82) is 0 Å². The van der Waals surface area contributed by atoms with Crippen LogP contribution in [0.25, 0.3) is 0 Å². The van der Waals surface area contributed by atoms with Gasteiger partial charge in [0.15, 0.2) is 12.1 Å². The van der Waals surface area contributed by atoms with E-state index in [0.717, 1.165) is 6.42 Å². The molecular weight excluding hydrogens is 378 g/mol. The predicted molar refractivity (Wildman–Crippen MR) is 93.8 cm³/mol. The molecule has 0 spiro atoms. The first kappa shape index (κ1) is 23.8. The third-order valence-electron chi connectivity index (χ3n) is 5.20. The van der Waals surface area contributed by atoms with E-state index in [2.05, 4.69) is 0 Å². The van der Waals surface area contributed by atoms with Crippen molar-refractivity contribution < 1.29 is 49.6 Å². The summed E-state index contributed by atoms with van der Waals surface area (Å²) in [6.07, 6.45) is -8.93. The Hall–Kier alpha value is -0.440. The van der Waals surface area contributed by atoms with E-state index < -0.39 is 74.1 Å². The average Bonchev–Trinajstić information content (AvgIpc) is 2.68. The van der Waals surface area contributed by atoms with E-state index in [1.54, 1.807) is 0 Å². The largest absolute Gasteiger partial charge is 0.394 e. The van der Waals surface area contributed by atoms with E-state index in [0.29, 0.717) is 6.42 Å². The lowest BCUT2D eigenvalue weighted by atomic mass is 9.92. The Morgan fingerprint density at radius 1 is 0.964 bits per heavy atom. The number of hydrogen-bond acceptors (Lipinski definition) is 11. The van der Waals surface area contributed by atoms with Gasteiger partial charge in [0.25, 0.3) is 0 Å². The fourth-order valence-electron chi connectivity index (χ4n) is 3.43. The van der Waals surface area contributed by atoms with Gasteiger partial charge in [0, 0.05) is 6.61 Å². The van der Waals surface area contributed by atoms with Crippen LogP contribution in [0, 0.1) is 0 Å². The standard InChI is InChI=1S/C17H33NO10/c1-3-4-5-25-15-14(24)12(22)9(7-20)27-17(15,2)28-16-10(18)13(23)11(21)8(6-19)26-16/h8-16,19-24H,3-7,18H2,1-2H3/t8?,9?,10?,11-,12-,13?,14?,15?,16-,17-/m1/s1. The summed E-state index contributed by atoms with van der Waals surface area (Å²) in [5, 5.41) is 59.5. The molecule has 28 heavy (non-hydrogen) atoms. The Morgan fingerprint density at radius 3 is 2.14 bits per heavy atom. The Balaban J connectivity index is 2.23. The quantitative estimate of drug-likeness (QED) is 0.199. The molecule has 2 saturated heterocycles. The Bertz CT molecular complexity index is 483. The van der Waals surface area contributed by atoms with Crippen molar-refractivity contribution in [1.82, 2.24) is 0 Å². The molecule has 10 atom stereocenters. The number of hydrogen-bond donors (Lipinski definition) is 7. The monoisotopic (exact) mass is 411 g/mol. The lowest BCUT2D eigenvalue weighted by Crippen LogP contribution is -2.69. The van der Waals surface area contributed by atoms with E-state index in [4.69, 9.17) is 24.7 Å². The number of unbranched alkanes of at least 4 members (excludes halogenated alkanes) is 1. The van der Waals surface area contributed by atoms with Crippen LogP contribution in [0.3, 0.4) is 0 Å². The molecule has 2 fully saturated rings. The van der Waals surface area contributed by atoms with E-state index in [-0.39, 0.29) is 6.61 Å². The van der Waals surface area contributed by atoms with Crippen molar-refractivity contribution in [3.63, 3.8) is 0 Å². The van der Waals surface area contributed by atoms with Gasteiger partial charge in [0.05, 0.1) is 19.3 Å². The van der Waals surface area contributed by atoms with Crippen LogP contribution in [0.2, 0.25) is 0 Å². The van der Waals surface area contributed by atoms with Crippen molar-refractivity contribution in [2.45, 2.75) is 87.5 Å². The van der Waals surface area contributed by atoms with Crippen LogP contribution in [-0.4, -0.2) is 111 Å². The van der Waals surface area contributed by atoms with E-state index in [1.807, 2.05) is 6.92 Å². The molecule has 0 aliphatic carbocycles. The smallest absolute Gasteiger partial charge is 0.197 e. The van der Waals surface area contributed by atoms with Gasteiger partial charge in [0.2, 0.25) is 0 Å². The summed E-state index contributed by atoms with van der Waals surface area (Å²) in [5.41, 5.74) is 5.90. The first-order chi connectivity index (χ1) is 13.2. The van der Waals surface area contributed by atoms with Gasteiger partial charge in [-0.2, -0.15) is 0 Å². The maximum atomic E-state index is 10.5. The van der Waals surface area contributed by atoms with E-state index in [9.17, 15) is 30.6 Å². The zero-order chi connectivity index (χ0) is 21.1. The SMILES string of the molecule is CCCCOC1C(O)[C@H](O)C(CO)O[C@]1(C)O[C@H]1OC(CO)[C@@H](O)C(O)C1N. The van der Waals surface area contributed by atoms with Crippen LogP contribution in [0.4, 0.5) is 0 Å². The number of nitrogens with two attached hydrogens (primary N) is 1. The molecule has 6 unspecified atom stereocenters. The van der Waals surface area contributed by atoms with Gasteiger partial charge in [-0.3, -0.25) is 0 Å². The lowest BCUT2D eigenvalue weighted by molar-refractivity contribution is -0.410. The molecule has 8 N–H and O–H groups in total. The number of aliphatic hydroxyl groups is 6. The molecule has 11 heteroatoms. The highest BCUT2D eigenvalue weighted by molar-refractivity contribution is 4.98. The van der Waals surface area contributed by atoms with Crippen LogP contribution in [0.5, 0.6) is 0 Å².